The number of aromatic nitrogens is 1. The molecule has 146 valence electrons. The molecule has 2 N–H and O–H groups in total. The molecule has 0 amide bonds. The van der Waals surface area contributed by atoms with Crippen molar-refractivity contribution in [2.75, 3.05) is 26.7 Å². The number of rotatable bonds is 6. The molecule has 1 aliphatic rings. The molecule has 2 aromatic heterocycles. The van der Waals surface area contributed by atoms with Crippen LogP contribution in [0.1, 0.15) is 30.2 Å². The normalized spacial score (nSPS) is 16.4. The summed E-state index contributed by atoms with van der Waals surface area (Å²) in [7, 11) is 1.80. The number of pyridine rings is 1. The summed E-state index contributed by atoms with van der Waals surface area (Å²) < 4.78 is 5.70. The SMILES string of the molecule is CN=C(NCc1ccnc2ccccc12)NCC(c1ccco1)N1CCCC1. The first kappa shape index (κ1) is 18.5. The zero-order valence-corrected chi connectivity index (χ0v) is 16.3. The highest BCUT2D eigenvalue weighted by Crippen LogP contribution is 2.24. The van der Waals surface area contributed by atoms with Gasteiger partial charge < -0.3 is 15.1 Å². The van der Waals surface area contributed by atoms with Crippen LogP contribution in [0.2, 0.25) is 0 Å². The van der Waals surface area contributed by atoms with Crippen LogP contribution in [0, 0.1) is 0 Å². The van der Waals surface area contributed by atoms with Crippen molar-refractivity contribution in [2.45, 2.75) is 25.4 Å². The fraction of sp³-hybridized carbons (Fsp3) is 0.364. The third-order valence-electron chi connectivity index (χ3n) is 5.33. The number of hydrogen-bond donors (Lipinski definition) is 2. The molecule has 1 saturated heterocycles. The number of nitrogens with zero attached hydrogens (tertiary/aromatic N) is 3. The number of aliphatic imine (C=N–C) groups is 1. The van der Waals surface area contributed by atoms with E-state index in [1.807, 2.05) is 30.5 Å². The number of hydrogen-bond acceptors (Lipinski definition) is 4. The summed E-state index contributed by atoms with van der Waals surface area (Å²) in [6.07, 6.45) is 6.11. The zero-order valence-electron chi connectivity index (χ0n) is 16.3. The highest BCUT2D eigenvalue weighted by Gasteiger charge is 2.25. The molecular formula is C22H27N5O. The maximum Gasteiger partial charge on any atom is 0.191 e. The maximum atomic E-state index is 5.70. The van der Waals surface area contributed by atoms with E-state index in [1.54, 1.807) is 13.3 Å². The quantitative estimate of drug-likeness (QED) is 0.510. The van der Waals surface area contributed by atoms with Gasteiger partial charge in [0.05, 0.1) is 17.8 Å². The van der Waals surface area contributed by atoms with Crippen molar-refractivity contribution in [2.24, 2.45) is 4.99 Å². The lowest BCUT2D eigenvalue weighted by atomic mass is 10.1. The number of furan rings is 1. The molecule has 1 fully saturated rings. The number of fused-ring (bicyclic) bond motifs is 1. The second-order valence-corrected chi connectivity index (χ2v) is 7.07. The first-order valence-electron chi connectivity index (χ1n) is 9.90. The first-order chi connectivity index (χ1) is 13.8. The van der Waals surface area contributed by atoms with Crippen LogP contribution < -0.4 is 10.6 Å². The molecule has 6 nitrogen and oxygen atoms in total. The minimum atomic E-state index is 0.220. The molecule has 0 bridgehead atoms. The third-order valence-corrected chi connectivity index (χ3v) is 5.33. The predicted molar refractivity (Wildman–Crippen MR) is 112 cm³/mol. The lowest BCUT2D eigenvalue weighted by molar-refractivity contribution is 0.215. The summed E-state index contributed by atoms with van der Waals surface area (Å²) in [5, 5.41) is 8.07. The van der Waals surface area contributed by atoms with E-state index in [9.17, 15) is 0 Å². The van der Waals surface area contributed by atoms with E-state index in [0.717, 1.165) is 36.9 Å². The van der Waals surface area contributed by atoms with E-state index in [0.29, 0.717) is 6.54 Å². The summed E-state index contributed by atoms with van der Waals surface area (Å²) in [6.45, 7) is 3.67. The molecule has 0 saturated carbocycles. The van der Waals surface area contributed by atoms with Gasteiger partial charge in [-0.15, -0.1) is 0 Å². The maximum absolute atomic E-state index is 5.70. The van der Waals surface area contributed by atoms with Gasteiger partial charge in [-0.3, -0.25) is 14.9 Å². The van der Waals surface area contributed by atoms with Crippen LogP contribution in [-0.2, 0) is 6.54 Å². The molecule has 1 aromatic carbocycles. The van der Waals surface area contributed by atoms with Crippen LogP contribution in [0.3, 0.4) is 0 Å². The van der Waals surface area contributed by atoms with Gasteiger partial charge in [0.2, 0.25) is 0 Å². The molecule has 3 aromatic rings. The van der Waals surface area contributed by atoms with Crippen molar-refractivity contribution in [3.63, 3.8) is 0 Å². The van der Waals surface area contributed by atoms with E-state index < -0.39 is 0 Å². The van der Waals surface area contributed by atoms with Gasteiger partial charge in [-0.1, -0.05) is 18.2 Å². The molecule has 1 aliphatic heterocycles. The van der Waals surface area contributed by atoms with Crippen LogP contribution in [-0.4, -0.2) is 42.5 Å². The first-order valence-corrected chi connectivity index (χ1v) is 9.90. The van der Waals surface area contributed by atoms with Crippen molar-refractivity contribution in [3.05, 3.63) is 66.2 Å². The second-order valence-electron chi connectivity index (χ2n) is 7.07. The molecule has 6 heteroatoms. The van der Waals surface area contributed by atoms with Gasteiger partial charge >= 0.3 is 0 Å². The summed E-state index contributed by atoms with van der Waals surface area (Å²) in [6, 6.07) is 14.5. The predicted octanol–water partition coefficient (Wildman–Crippen LogP) is 3.33. The van der Waals surface area contributed by atoms with Crippen LogP contribution in [0.15, 0.2) is 64.3 Å². The fourth-order valence-corrected chi connectivity index (χ4v) is 3.85. The Morgan fingerprint density at radius 3 is 2.79 bits per heavy atom. The molecule has 0 spiro atoms. The summed E-state index contributed by atoms with van der Waals surface area (Å²) >= 11 is 0. The van der Waals surface area contributed by atoms with Crippen LogP contribution >= 0.6 is 0 Å². The summed E-state index contributed by atoms with van der Waals surface area (Å²) in [5.41, 5.74) is 2.22. The third kappa shape index (κ3) is 4.17. The number of para-hydroxylation sites is 1. The number of likely N-dealkylation sites (tertiary alicyclic amines) is 1. The molecule has 28 heavy (non-hydrogen) atoms. The second kappa shape index (κ2) is 8.89. The monoisotopic (exact) mass is 377 g/mol. The van der Waals surface area contributed by atoms with Crippen molar-refractivity contribution < 1.29 is 4.42 Å². The number of guanidine groups is 1. The van der Waals surface area contributed by atoms with Gasteiger partial charge in [0, 0.05) is 31.7 Å². The van der Waals surface area contributed by atoms with Crippen LogP contribution in [0.5, 0.6) is 0 Å². The topological polar surface area (TPSA) is 65.7 Å². The lowest BCUT2D eigenvalue weighted by Gasteiger charge is -2.26. The van der Waals surface area contributed by atoms with Gasteiger partial charge in [0.1, 0.15) is 5.76 Å². The van der Waals surface area contributed by atoms with Gasteiger partial charge in [-0.05, 0) is 55.8 Å². The number of benzene rings is 1. The van der Waals surface area contributed by atoms with Gasteiger partial charge in [-0.25, -0.2) is 0 Å². The minimum Gasteiger partial charge on any atom is -0.468 e. The Balaban J connectivity index is 1.40. The van der Waals surface area contributed by atoms with Crippen LogP contribution in [0.25, 0.3) is 10.9 Å². The Morgan fingerprint density at radius 1 is 1.14 bits per heavy atom. The Labute approximate surface area is 165 Å². The fourth-order valence-electron chi connectivity index (χ4n) is 3.85. The van der Waals surface area contributed by atoms with E-state index >= 15 is 0 Å². The smallest absolute Gasteiger partial charge is 0.191 e. The molecule has 0 radical (unpaired) electrons. The molecule has 1 unspecified atom stereocenters. The molecule has 4 rings (SSSR count). The van der Waals surface area contributed by atoms with Gasteiger partial charge in [0.25, 0.3) is 0 Å². The van der Waals surface area contributed by atoms with Crippen molar-refractivity contribution in [3.8, 4) is 0 Å². The zero-order chi connectivity index (χ0) is 19.2. The van der Waals surface area contributed by atoms with Crippen LogP contribution in [0.4, 0.5) is 0 Å². The molecule has 1 atom stereocenters. The molecular weight excluding hydrogens is 350 g/mol. The highest BCUT2D eigenvalue weighted by molar-refractivity contribution is 5.83. The Morgan fingerprint density at radius 2 is 2.00 bits per heavy atom. The highest BCUT2D eigenvalue weighted by atomic mass is 16.3. The van der Waals surface area contributed by atoms with Crippen molar-refractivity contribution in [1.29, 1.82) is 0 Å². The largest absolute Gasteiger partial charge is 0.468 e. The van der Waals surface area contributed by atoms with E-state index in [-0.39, 0.29) is 6.04 Å². The number of nitrogens with one attached hydrogen (secondary N) is 2. The Bertz CT molecular complexity index is 910. The standard InChI is InChI=1S/C22H27N5O/c1-23-22(25-15-17-10-11-24-19-8-3-2-7-18(17)19)26-16-20(21-9-6-14-28-21)27-12-4-5-13-27/h2-3,6-11,14,20H,4-5,12-13,15-16H2,1H3,(H2,23,25,26). The van der Waals surface area contributed by atoms with E-state index in [4.69, 9.17) is 4.42 Å². The molecule has 0 aliphatic carbocycles. The Kier molecular flexibility index (Phi) is 5.87. The average Bonchev–Trinajstić information content (AvgIpc) is 3.45. The summed E-state index contributed by atoms with van der Waals surface area (Å²) in [4.78, 5) is 11.3. The van der Waals surface area contributed by atoms with Gasteiger partial charge in [-0.2, -0.15) is 0 Å². The van der Waals surface area contributed by atoms with E-state index in [2.05, 4.69) is 43.7 Å². The average molecular weight is 377 g/mol. The van der Waals surface area contributed by atoms with Crippen molar-refractivity contribution >= 4 is 16.9 Å². The minimum absolute atomic E-state index is 0.220. The molecule has 3 heterocycles. The van der Waals surface area contributed by atoms with E-state index in [1.165, 1.54) is 23.8 Å². The van der Waals surface area contributed by atoms with Gasteiger partial charge in [0.15, 0.2) is 5.96 Å². The lowest BCUT2D eigenvalue weighted by Crippen LogP contribution is -2.42. The Hall–Kier alpha value is -2.86. The van der Waals surface area contributed by atoms with Crippen molar-refractivity contribution in [1.82, 2.24) is 20.5 Å². The summed E-state index contributed by atoms with van der Waals surface area (Å²) in [5.74, 6) is 1.79.